The van der Waals surface area contributed by atoms with Gasteiger partial charge in [0.2, 0.25) is 5.13 Å². The van der Waals surface area contributed by atoms with E-state index < -0.39 is 5.91 Å². The molecule has 0 unspecified atom stereocenters. The zero-order chi connectivity index (χ0) is 16.8. The summed E-state index contributed by atoms with van der Waals surface area (Å²) in [6.07, 6.45) is 0. The third-order valence-electron chi connectivity index (χ3n) is 2.42. The number of amides is 1. The summed E-state index contributed by atoms with van der Waals surface area (Å²) in [6, 6.07) is 4.58. The van der Waals surface area contributed by atoms with Crippen LogP contribution in [0.3, 0.4) is 0 Å². The number of aromatic nitrogens is 2. The molecule has 122 valence electrons. The van der Waals surface area contributed by atoms with Gasteiger partial charge in [-0.3, -0.25) is 14.9 Å². The molecule has 0 radical (unpaired) electrons. The Morgan fingerprint density at radius 2 is 2.13 bits per heavy atom. The van der Waals surface area contributed by atoms with Crippen LogP contribution >= 0.6 is 46.3 Å². The minimum atomic E-state index is -0.412. The number of carbonyl (C=O) groups excluding carboxylic acids is 2. The lowest BCUT2D eigenvalue weighted by Gasteiger charge is -2.03. The average molecular weight is 392 g/mol. The molecule has 2 rings (SSSR count). The third-order valence-corrected chi connectivity index (χ3v) is 4.91. The lowest BCUT2D eigenvalue weighted by Crippen LogP contribution is -2.12. The number of anilines is 1. The molecular formula is C13H11Cl2N3O3S2. The Balaban J connectivity index is 1.96. The van der Waals surface area contributed by atoms with Crippen molar-refractivity contribution in [1.82, 2.24) is 10.2 Å². The highest BCUT2D eigenvalue weighted by atomic mass is 35.5. The van der Waals surface area contributed by atoms with Crippen molar-refractivity contribution in [3.05, 3.63) is 33.8 Å². The quantitative estimate of drug-likeness (QED) is 0.458. The van der Waals surface area contributed by atoms with Crippen molar-refractivity contribution in [2.45, 2.75) is 11.3 Å². The van der Waals surface area contributed by atoms with E-state index >= 15 is 0 Å². The predicted molar refractivity (Wildman–Crippen MR) is 91.7 cm³/mol. The number of thioether (sulfide) groups is 1. The van der Waals surface area contributed by atoms with E-state index in [1.165, 1.54) is 23.9 Å². The zero-order valence-corrected chi connectivity index (χ0v) is 15.0. The molecule has 0 saturated heterocycles. The topological polar surface area (TPSA) is 81.2 Å². The standard InChI is InChI=1S/C13H11Cl2N3O3S2/c1-2-21-10(19)6-22-13-18-17-12(23-13)16-11(20)8-4-3-7(14)5-9(8)15/h3-5H,2,6H2,1H3,(H,16,17,20). The van der Waals surface area contributed by atoms with Gasteiger partial charge in [-0.2, -0.15) is 0 Å². The molecule has 1 aromatic carbocycles. The van der Waals surface area contributed by atoms with Crippen LogP contribution in [0.5, 0.6) is 0 Å². The summed E-state index contributed by atoms with van der Waals surface area (Å²) < 4.78 is 5.37. The van der Waals surface area contributed by atoms with E-state index in [0.29, 0.717) is 21.1 Å². The summed E-state index contributed by atoms with van der Waals surface area (Å²) >= 11 is 14.1. The molecule has 2 aromatic rings. The number of nitrogens with zero attached hydrogens (tertiary/aromatic N) is 2. The van der Waals surface area contributed by atoms with Gasteiger partial charge >= 0.3 is 5.97 Å². The van der Waals surface area contributed by atoms with Crippen LogP contribution in [0.25, 0.3) is 0 Å². The predicted octanol–water partition coefficient (Wildman–Crippen LogP) is 3.75. The minimum Gasteiger partial charge on any atom is -0.465 e. The third kappa shape index (κ3) is 5.35. The van der Waals surface area contributed by atoms with Crippen LogP contribution in [0.1, 0.15) is 17.3 Å². The van der Waals surface area contributed by atoms with Crippen LogP contribution in [-0.2, 0) is 9.53 Å². The van der Waals surface area contributed by atoms with Gasteiger partial charge in [-0.1, -0.05) is 46.3 Å². The molecule has 1 aromatic heterocycles. The fourth-order valence-corrected chi connectivity index (χ4v) is 3.52. The first-order valence-electron chi connectivity index (χ1n) is 6.38. The summed E-state index contributed by atoms with van der Waals surface area (Å²) in [5, 5.41) is 11.3. The molecular weight excluding hydrogens is 381 g/mol. The molecule has 0 bridgehead atoms. The summed E-state index contributed by atoms with van der Waals surface area (Å²) in [7, 11) is 0. The van der Waals surface area contributed by atoms with Crippen molar-refractivity contribution in [3.63, 3.8) is 0 Å². The Labute approximate surface area is 150 Å². The van der Waals surface area contributed by atoms with Crippen LogP contribution in [0.4, 0.5) is 5.13 Å². The Morgan fingerprint density at radius 1 is 1.35 bits per heavy atom. The number of carbonyl (C=O) groups is 2. The molecule has 0 saturated carbocycles. The van der Waals surface area contributed by atoms with Crippen molar-refractivity contribution in [2.24, 2.45) is 0 Å². The van der Waals surface area contributed by atoms with E-state index in [2.05, 4.69) is 15.5 Å². The molecule has 10 heteroatoms. The molecule has 1 N–H and O–H groups in total. The first-order valence-corrected chi connectivity index (χ1v) is 8.93. The van der Waals surface area contributed by atoms with Crippen LogP contribution in [0.2, 0.25) is 10.0 Å². The minimum absolute atomic E-state index is 0.138. The van der Waals surface area contributed by atoms with Gasteiger partial charge in [0.05, 0.1) is 22.9 Å². The molecule has 0 aliphatic carbocycles. The highest BCUT2D eigenvalue weighted by molar-refractivity contribution is 8.01. The van der Waals surface area contributed by atoms with E-state index in [1.807, 2.05) is 0 Å². The average Bonchev–Trinajstić information content (AvgIpc) is 2.93. The molecule has 0 fully saturated rings. The molecule has 1 amide bonds. The summed E-state index contributed by atoms with van der Waals surface area (Å²) in [4.78, 5) is 23.4. The van der Waals surface area contributed by atoms with E-state index in [1.54, 1.807) is 13.0 Å². The van der Waals surface area contributed by atoms with Gasteiger partial charge in [-0.15, -0.1) is 10.2 Å². The fourth-order valence-electron chi connectivity index (χ4n) is 1.48. The maximum atomic E-state index is 12.1. The second-order valence-corrected chi connectivity index (χ2v) is 7.09. The second-order valence-electron chi connectivity index (χ2n) is 4.05. The molecule has 0 spiro atoms. The highest BCUT2D eigenvalue weighted by Gasteiger charge is 2.14. The van der Waals surface area contributed by atoms with E-state index in [9.17, 15) is 9.59 Å². The Bertz CT molecular complexity index is 724. The largest absolute Gasteiger partial charge is 0.465 e. The molecule has 1 heterocycles. The number of nitrogens with one attached hydrogen (secondary N) is 1. The SMILES string of the molecule is CCOC(=O)CSc1nnc(NC(=O)c2ccc(Cl)cc2Cl)s1. The van der Waals surface area contributed by atoms with Gasteiger partial charge in [-0.05, 0) is 25.1 Å². The van der Waals surface area contributed by atoms with Crippen LogP contribution in [0.15, 0.2) is 22.5 Å². The molecule has 23 heavy (non-hydrogen) atoms. The smallest absolute Gasteiger partial charge is 0.316 e. The summed E-state index contributed by atoms with van der Waals surface area (Å²) in [6.45, 7) is 2.07. The number of ether oxygens (including phenoxy) is 1. The number of benzene rings is 1. The molecule has 0 aliphatic heterocycles. The van der Waals surface area contributed by atoms with Gasteiger partial charge < -0.3 is 4.74 Å². The number of hydrogen-bond donors (Lipinski definition) is 1. The van der Waals surface area contributed by atoms with Crippen molar-refractivity contribution in [1.29, 1.82) is 0 Å². The van der Waals surface area contributed by atoms with Gasteiger partial charge in [0.1, 0.15) is 0 Å². The number of rotatable bonds is 6. The van der Waals surface area contributed by atoms with E-state index in [4.69, 9.17) is 27.9 Å². The Morgan fingerprint density at radius 3 is 2.83 bits per heavy atom. The van der Waals surface area contributed by atoms with Crippen LogP contribution < -0.4 is 5.32 Å². The first kappa shape index (κ1) is 18.0. The fraction of sp³-hybridized carbons (Fsp3) is 0.231. The molecule has 0 atom stereocenters. The van der Waals surface area contributed by atoms with Crippen molar-refractivity contribution < 1.29 is 14.3 Å². The molecule has 6 nitrogen and oxygen atoms in total. The Hall–Kier alpha value is -1.35. The van der Waals surface area contributed by atoms with Crippen LogP contribution in [-0.4, -0.2) is 34.4 Å². The lowest BCUT2D eigenvalue weighted by atomic mass is 10.2. The highest BCUT2D eigenvalue weighted by Crippen LogP contribution is 2.27. The first-order chi connectivity index (χ1) is 11.0. The maximum absolute atomic E-state index is 12.1. The normalized spacial score (nSPS) is 10.4. The number of halogens is 2. The van der Waals surface area contributed by atoms with Gasteiger partial charge in [-0.25, -0.2) is 0 Å². The lowest BCUT2D eigenvalue weighted by molar-refractivity contribution is -0.139. The Kier molecular flexibility index (Phi) is 6.64. The van der Waals surface area contributed by atoms with Crippen molar-refractivity contribution in [2.75, 3.05) is 17.7 Å². The van der Waals surface area contributed by atoms with Crippen LogP contribution in [0, 0.1) is 0 Å². The van der Waals surface area contributed by atoms with Crippen molar-refractivity contribution >= 4 is 63.3 Å². The second kappa shape index (κ2) is 8.49. The summed E-state index contributed by atoms with van der Waals surface area (Å²) in [5.74, 6) is -0.601. The van der Waals surface area contributed by atoms with E-state index in [0.717, 1.165) is 11.3 Å². The van der Waals surface area contributed by atoms with Gasteiger partial charge in [0.25, 0.3) is 5.91 Å². The zero-order valence-electron chi connectivity index (χ0n) is 11.8. The van der Waals surface area contributed by atoms with E-state index in [-0.39, 0.29) is 22.3 Å². The monoisotopic (exact) mass is 391 g/mol. The molecule has 0 aliphatic rings. The van der Waals surface area contributed by atoms with Crippen molar-refractivity contribution in [3.8, 4) is 0 Å². The maximum Gasteiger partial charge on any atom is 0.316 e. The van der Waals surface area contributed by atoms with Gasteiger partial charge in [0, 0.05) is 5.02 Å². The van der Waals surface area contributed by atoms with Gasteiger partial charge in [0.15, 0.2) is 4.34 Å². The number of hydrogen-bond acceptors (Lipinski definition) is 7. The summed E-state index contributed by atoms with van der Waals surface area (Å²) in [5.41, 5.74) is 0.284. The number of esters is 1.